The maximum atomic E-state index is 14.2. The third-order valence-electron chi connectivity index (χ3n) is 6.89. The van der Waals surface area contributed by atoms with Gasteiger partial charge in [-0.05, 0) is 0 Å². The summed E-state index contributed by atoms with van der Waals surface area (Å²) in [7, 11) is 0. The van der Waals surface area contributed by atoms with E-state index in [0.29, 0.717) is 11.3 Å². The van der Waals surface area contributed by atoms with Crippen LogP contribution in [0.1, 0.15) is 24.2 Å². The Balaban J connectivity index is 1.88. The van der Waals surface area contributed by atoms with Gasteiger partial charge in [-0.3, -0.25) is 0 Å². The van der Waals surface area contributed by atoms with E-state index >= 15 is 0 Å². The van der Waals surface area contributed by atoms with Crippen molar-refractivity contribution in [3.8, 4) is 0 Å². The number of nitrogens with zero attached hydrogens (tertiary/aromatic N) is 1. The first kappa shape index (κ1) is 24.8. The van der Waals surface area contributed by atoms with Crippen molar-refractivity contribution in [2.45, 2.75) is 19.4 Å². The number of ether oxygens (including phenoxy) is 1. The molecule has 0 unspecified atom stereocenters. The second-order valence-corrected chi connectivity index (χ2v) is 17.5. The molecule has 0 aliphatic carbocycles. The van der Waals surface area contributed by atoms with Crippen LogP contribution in [0, 0.1) is 0 Å². The number of carbonyl (C=O) groups excluding carboxylic acids is 2. The van der Waals surface area contributed by atoms with Crippen molar-refractivity contribution in [3.05, 3.63) is 137 Å². The summed E-state index contributed by atoms with van der Waals surface area (Å²) in [6.45, 7) is 4.09. The molecule has 1 saturated heterocycles. The van der Waals surface area contributed by atoms with Crippen LogP contribution < -0.4 is 13.2 Å². The van der Waals surface area contributed by atoms with Gasteiger partial charge in [0.1, 0.15) is 0 Å². The van der Waals surface area contributed by atoms with Gasteiger partial charge in [-0.1, -0.05) is 0 Å². The Hall–Kier alpha value is -3.90. The molecule has 37 heavy (non-hydrogen) atoms. The average molecular weight is 548 g/mol. The number of cyclic esters (lactones) is 1. The fourth-order valence-corrected chi connectivity index (χ4v) is 14.1. The van der Waals surface area contributed by atoms with E-state index in [9.17, 15) is 9.59 Å². The van der Waals surface area contributed by atoms with E-state index in [4.69, 9.17) is 4.74 Å². The molecular weight excluding hydrogens is 519 g/mol. The normalized spacial score (nSPS) is 15.4. The van der Waals surface area contributed by atoms with E-state index in [1.165, 1.54) is 13.2 Å². The molecule has 0 atom stereocenters. The summed E-state index contributed by atoms with van der Waals surface area (Å²) in [5, 5.41) is 0. The van der Waals surface area contributed by atoms with Crippen LogP contribution >= 0.6 is 0 Å². The molecule has 0 bridgehead atoms. The molecule has 0 N–H and O–H groups in total. The summed E-state index contributed by atoms with van der Waals surface area (Å²) in [4.78, 5) is 31.2. The fourth-order valence-electron chi connectivity index (χ4n) is 5.07. The maximum absolute atomic E-state index is 14.2. The molecule has 4 aromatic rings. The zero-order valence-corrected chi connectivity index (χ0v) is 23.1. The minimum absolute atomic E-state index is 0.190. The second kappa shape index (κ2) is 10.2. The van der Waals surface area contributed by atoms with Gasteiger partial charge >= 0.3 is 221 Å². The van der Waals surface area contributed by atoms with E-state index in [2.05, 4.69) is 41.3 Å². The van der Waals surface area contributed by atoms with Crippen molar-refractivity contribution in [1.29, 1.82) is 0 Å². The van der Waals surface area contributed by atoms with Crippen molar-refractivity contribution in [2.75, 3.05) is 6.61 Å². The SMILES string of the molecule is CC1(C)COC(=O)N1/C(=[CH]/[Ge]([c]1ccccc1)([c]1ccccc1)[c]1ccccc1)C(=O)c1ccccc1. The van der Waals surface area contributed by atoms with Crippen LogP contribution in [0.3, 0.4) is 0 Å². The van der Waals surface area contributed by atoms with Gasteiger partial charge in [0.25, 0.3) is 0 Å². The molecule has 4 nitrogen and oxygen atoms in total. The van der Waals surface area contributed by atoms with E-state index in [1.807, 2.05) is 86.6 Å². The summed E-state index contributed by atoms with van der Waals surface area (Å²) < 4.78 is 9.00. The molecule has 0 aromatic heterocycles. The quantitative estimate of drug-likeness (QED) is 0.191. The van der Waals surface area contributed by atoms with Crippen LogP contribution in [0.15, 0.2) is 132 Å². The van der Waals surface area contributed by atoms with Crippen LogP contribution in [0.5, 0.6) is 0 Å². The molecule has 1 fully saturated rings. The van der Waals surface area contributed by atoms with Crippen LogP contribution in [-0.2, 0) is 4.74 Å². The number of hydrogen-bond acceptors (Lipinski definition) is 3. The summed E-state index contributed by atoms with van der Waals surface area (Å²) in [5.41, 5.74) is 0.232. The molecule has 0 spiro atoms. The van der Waals surface area contributed by atoms with Gasteiger partial charge in [0.05, 0.1) is 0 Å². The van der Waals surface area contributed by atoms with Crippen molar-refractivity contribution < 1.29 is 14.3 Å². The fraction of sp³-hybridized carbons (Fsp3) is 0.125. The van der Waals surface area contributed by atoms with Crippen LogP contribution in [0.25, 0.3) is 0 Å². The van der Waals surface area contributed by atoms with Gasteiger partial charge in [0.2, 0.25) is 0 Å². The van der Waals surface area contributed by atoms with Crippen LogP contribution in [0.4, 0.5) is 4.79 Å². The number of hydrogen-bond donors (Lipinski definition) is 0. The Labute approximate surface area is 220 Å². The Morgan fingerprint density at radius 1 is 0.730 bits per heavy atom. The Morgan fingerprint density at radius 2 is 1.14 bits per heavy atom. The zero-order valence-electron chi connectivity index (χ0n) is 21.0. The van der Waals surface area contributed by atoms with Gasteiger partial charge < -0.3 is 0 Å². The molecule has 0 radical (unpaired) electrons. The summed E-state index contributed by atoms with van der Waals surface area (Å²) in [6.07, 6.45) is -0.494. The van der Waals surface area contributed by atoms with Crippen molar-refractivity contribution in [1.82, 2.24) is 4.90 Å². The monoisotopic (exact) mass is 549 g/mol. The predicted molar refractivity (Wildman–Crippen MR) is 150 cm³/mol. The zero-order chi connectivity index (χ0) is 25.9. The van der Waals surface area contributed by atoms with E-state index in [1.54, 1.807) is 17.0 Å². The van der Waals surface area contributed by atoms with Gasteiger partial charge in [0.15, 0.2) is 0 Å². The molecule has 1 amide bonds. The molecule has 1 aliphatic heterocycles. The number of rotatable bonds is 7. The number of amides is 1. The third kappa shape index (κ3) is 4.65. The third-order valence-corrected chi connectivity index (χ3v) is 16.2. The Morgan fingerprint density at radius 3 is 1.51 bits per heavy atom. The summed E-state index contributed by atoms with van der Waals surface area (Å²) >= 11 is -3.72. The summed E-state index contributed by atoms with van der Waals surface area (Å²) in [6, 6.07) is 40.3. The molecule has 4 aromatic carbocycles. The van der Waals surface area contributed by atoms with Gasteiger partial charge in [-0.25, -0.2) is 0 Å². The second-order valence-electron chi connectivity index (χ2n) is 9.83. The molecule has 5 heteroatoms. The topological polar surface area (TPSA) is 46.6 Å². The standard InChI is InChI=1S/C32H29GeNO3/c1-32(2)24-37-31(36)34(32)29(30(35)25-15-7-3-8-16-25)23-33(26-17-9-4-10-18-26,27-19-11-5-12-20-27)28-21-13-6-14-22-28/h3-23H,24H2,1-2H3/b29-23+. The van der Waals surface area contributed by atoms with E-state index < -0.39 is 24.9 Å². The molecule has 5 rings (SSSR count). The van der Waals surface area contributed by atoms with Crippen molar-refractivity contribution in [3.63, 3.8) is 0 Å². The Kier molecular flexibility index (Phi) is 6.85. The number of carbonyl (C=O) groups is 2. The first-order valence-electron chi connectivity index (χ1n) is 12.4. The molecular formula is C32H29GeNO3. The Bertz CT molecular complexity index is 1320. The van der Waals surface area contributed by atoms with Crippen LogP contribution in [-0.4, -0.2) is 42.2 Å². The minimum atomic E-state index is -3.72. The molecule has 0 saturated carbocycles. The van der Waals surface area contributed by atoms with Gasteiger partial charge in [0, 0.05) is 0 Å². The number of Topliss-reactive ketones (excluding diaryl/α,β-unsaturated/α-hetero) is 1. The summed E-state index contributed by atoms with van der Waals surface area (Å²) in [5.74, 6) is -0.190. The first-order valence-corrected chi connectivity index (χ1v) is 16.8. The van der Waals surface area contributed by atoms with Gasteiger partial charge in [-0.15, -0.1) is 0 Å². The van der Waals surface area contributed by atoms with E-state index in [0.717, 1.165) is 0 Å². The predicted octanol–water partition coefficient (Wildman–Crippen LogP) is 4.69. The molecule has 184 valence electrons. The van der Waals surface area contributed by atoms with Crippen LogP contribution in [0.2, 0.25) is 0 Å². The molecule has 1 heterocycles. The number of ketones is 1. The molecule has 1 aliphatic rings. The van der Waals surface area contributed by atoms with Gasteiger partial charge in [-0.2, -0.15) is 0 Å². The van der Waals surface area contributed by atoms with Crippen molar-refractivity contribution in [2.24, 2.45) is 0 Å². The number of benzene rings is 4. The first-order chi connectivity index (χ1) is 17.9. The average Bonchev–Trinajstić information content (AvgIpc) is 3.23. The van der Waals surface area contributed by atoms with Crippen molar-refractivity contribution >= 4 is 38.3 Å². The number of allylic oxidation sites excluding steroid dienone is 1. The van der Waals surface area contributed by atoms with E-state index in [-0.39, 0.29) is 12.4 Å².